The molecule has 16 heavy (non-hydrogen) atoms. The first-order valence-corrected chi connectivity index (χ1v) is 7.32. The van der Waals surface area contributed by atoms with E-state index in [2.05, 4.69) is 30.3 Å². The van der Waals surface area contributed by atoms with Crippen LogP contribution in [0.5, 0.6) is 0 Å². The Bertz CT molecular complexity index is 388. The van der Waals surface area contributed by atoms with E-state index in [9.17, 15) is 0 Å². The quantitative estimate of drug-likeness (QED) is 0.767. The topological polar surface area (TPSA) is 18.5 Å². The van der Waals surface area contributed by atoms with Gasteiger partial charge in [-0.1, -0.05) is 0 Å². The van der Waals surface area contributed by atoms with E-state index in [0.717, 1.165) is 19.4 Å². The van der Waals surface area contributed by atoms with E-state index in [-0.39, 0.29) is 6.29 Å². The number of fused-ring (bicyclic) bond motifs is 1. The molecule has 0 radical (unpaired) electrons. The minimum atomic E-state index is 0.0373. The Morgan fingerprint density at radius 3 is 2.94 bits per heavy atom. The van der Waals surface area contributed by atoms with Crippen LogP contribution >= 0.6 is 0 Å². The third-order valence-corrected chi connectivity index (χ3v) is 5.11. The second kappa shape index (κ2) is 4.62. The van der Waals surface area contributed by atoms with Gasteiger partial charge in [-0.2, -0.15) is 0 Å². The molecule has 1 fully saturated rings. The molecule has 0 bridgehead atoms. The van der Waals surface area contributed by atoms with Crippen molar-refractivity contribution >= 4 is 19.4 Å². The minimum absolute atomic E-state index is 0.0373. The average Bonchev–Trinajstić information content (AvgIpc) is 2.77. The summed E-state index contributed by atoms with van der Waals surface area (Å²) < 4.78 is 14.0. The van der Waals surface area contributed by atoms with Crippen LogP contribution < -0.4 is 4.46 Å². The van der Waals surface area contributed by atoms with E-state index < -0.39 is 0 Å². The van der Waals surface area contributed by atoms with Gasteiger partial charge in [-0.05, 0) is 0 Å². The Kier molecular flexibility index (Phi) is 3.00. The van der Waals surface area contributed by atoms with E-state index in [1.54, 1.807) is 0 Å². The summed E-state index contributed by atoms with van der Waals surface area (Å²) >= 11 is 0.412. The maximum absolute atomic E-state index is 5.62. The van der Waals surface area contributed by atoms with Gasteiger partial charge in [-0.15, -0.1) is 0 Å². The zero-order valence-electron chi connectivity index (χ0n) is 8.96. The van der Waals surface area contributed by atoms with E-state index in [0.29, 0.717) is 20.9 Å². The fourth-order valence-electron chi connectivity index (χ4n) is 2.11. The fraction of sp³-hybridized carbons (Fsp3) is 0.385. The summed E-state index contributed by atoms with van der Waals surface area (Å²) in [4.78, 5) is 0. The van der Waals surface area contributed by atoms with Crippen molar-refractivity contribution in [1.82, 2.24) is 0 Å². The Labute approximate surface area is 102 Å². The van der Waals surface area contributed by atoms with Crippen LogP contribution in [0.1, 0.15) is 12.8 Å². The summed E-state index contributed by atoms with van der Waals surface area (Å²) in [6.45, 7) is 0.856. The number of hydrogen-bond donors (Lipinski definition) is 0. The maximum atomic E-state index is 5.62. The van der Waals surface area contributed by atoms with E-state index in [1.807, 2.05) is 6.26 Å². The van der Waals surface area contributed by atoms with Gasteiger partial charge >= 0.3 is 102 Å². The molecule has 0 unspecified atom stereocenters. The SMILES string of the molecule is C1=C([Se]c2ccccc2)C[C@@H]2CCO[C@@H]2O1. The van der Waals surface area contributed by atoms with Crippen molar-refractivity contribution < 1.29 is 9.47 Å². The monoisotopic (exact) mass is 282 g/mol. The molecule has 2 aliphatic rings. The van der Waals surface area contributed by atoms with Crippen LogP contribution in [0.3, 0.4) is 0 Å². The second-order valence-corrected chi connectivity index (χ2v) is 6.64. The third kappa shape index (κ3) is 2.17. The fourth-order valence-corrected chi connectivity index (χ4v) is 4.20. The van der Waals surface area contributed by atoms with Gasteiger partial charge in [0.1, 0.15) is 0 Å². The Balaban J connectivity index is 1.68. The van der Waals surface area contributed by atoms with Crippen LogP contribution in [-0.2, 0) is 9.47 Å². The molecule has 1 saturated heterocycles. The normalized spacial score (nSPS) is 28.1. The van der Waals surface area contributed by atoms with Gasteiger partial charge in [0.2, 0.25) is 0 Å². The molecule has 0 aromatic heterocycles. The van der Waals surface area contributed by atoms with Gasteiger partial charge in [0.15, 0.2) is 0 Å². The number of rotatable bonds is 2. The van der Waals surface area contributed by atoms with Gasteiger partial charge in [0, 0.05) is 0 Å². The zero-order chi connectivity index (χ0) is 10.8. The summed E-state index contributed by atoms with van der Waals surface area (Å²) in [6, 6.07) is 10.6. The van der Waals surface area contributed by atoms with Gasteiger partial charge < -0.3 is 0 Å². The van der Waals surface area contributed by atoms with Gasteiger partial charge in [-0.3, -0.25) is 0 Å². The van der Waals surface area contributed by atoms with Crippen molar-refractivity contribution in [3.05, 3.63) is 41.1 Å². The zero-order valence-corrected chi connectivity index (χ0v) is 10.7. The van der Waals surface area contributed by atoms with Crippen molar-refractivity contribution in [2.24, 2.45) is 5.92 Å². The first-order valence-electron chi connectivity index (χ1n) is 5.61. The van der Waals surface area contributed by atoms with E-state index in [4.69, 9.17) is 9.47 Å². The summed E-state index contributed by atoms with van der Waals surface area (Å²) in [5.41, 5.74) is 0. The predicted octanol–water partition coefficient (Wildman–Crippen LogP) is 1.64. The summed E-state index contributed by atoms with van der Waals surface area (Å²) in [5, 5.41) is 0. The summed E-state index contributed by atoms with van der Waals surface area (Å²) in [6.07, 6.45) is 4.27. The molecule has 0 spiro atoms. The molecule has 84 valence electrons. The summed E-state index contributed by atoms with van der Waals surface area (Å²) in [5.74, 6) is 0.589. The van der Waals surface area contributed by atoms with Crippen molar-refractivity contribution in [2.75, 3.05) is 6.61 Å². The van der Waals surface area contributed by atoms with E-state index >= 15 is 0 Å². The second-order valence-electron chi connectivity index (χ2n) is 4.13. The molecule has 1 aromatic carbocycles. The number of hydrogen-bond acceptors (Lipinski definition) is 2. The Hall–Kier alpha value is -0.761. The molecule has 0 amide bonds. The Morgan fingerprint density at radius 1 is 1.19 bits per heavy atom. The van der Waals surface area contributed by atoms with Crippen molar-refractivity contribution in [1.29, 1.82) is 0 Å². The molecular weight excluding hydrogens is 267 g/mol. The van der Waals surface area contributed by atoms with Crippen molar-refractivity contribution in [2.45, 2.75) is 19.1 Å². The molecule has 2 aliphatic heterocycles. The first-order chi connectivity index (χ1) is 7.92. The van der Waals surface area contributed by atoms with Gasteiger partial charge in [0.05, 0.1) is 0 Å². The molecule has 3 heteroatoms. The van der Waals surface area contributed by atoms with Crippen LogP contribution in [0.4, 0.5) is 0 Å². The van der Waals surface area contributed by atoms with E-state index in [1.165, 1.54) is 8.93 Å². The Morgan fingerprint density at radius 2 is 2.06 bits per heavy atom. The molecule has 1 aromatic rings. The standard InChI is InChI=1S/C13H14O2Se/c1-2-4-11(5-3-1)16-12-8-10-6-7-14-13(10)15-9-12/h1-5,9-10,13H,6-8H2/t10-,13+/m0/s1. The van der Waals surface area contributed by atoms with Crippen LogP contribution in [0.25, 0.3) is 0 Å². The molecule has 0 N–H and O–H groups in total. The number of allylic oxidation sites excluding steroid dienone is 1. The first kappa shape index (κ1) is 10.4. The van der Waals surface area contributed by atoms with Crippen molar-refractivity contribution in [3.63, 3.8) is 0 Å². The number of ether oxygens (including phenoxy) is 2. The van der Waals surface area contributed by atoms with Crippen LogP contribution in [-0.4, -0.2) is 27.9 Å². The van der Waals surface area contributed by atoms with Crippen LogP contribution in [0, 0.1) is 5.92 Å². The molecule has 0 aliphatic carbocycles. The molecule has 0 saturated carbocycles. The molecule has 2 heterocycles. The molecule has 2 nitrogen and oxygen atoms in total. The van der Waals surface area contributed by atoms with Gasteiger partial charge in [0.25, 0.3) is 0 Å². The third-order valence-electron chi connectivity index (χ3n) is 2.94. The predicted molar refractivity (Wildman–Crippen MR) is 63.5 cm³/mol. The average molecular weight is 281 g/mol. The molecule has 2 atom stereocenters. The number of benzene rings is 1. The van der Waals surface area contributed by atoms with Crippen LogP contribution in [0.2, 0.25) is 0 Å². The molecule has 3 rings (SSSR count). The summed E-state index contributed by atoms with van der Waals surface area (Å²) in [7, 11) is 0. The molecular formula is C13H14O2Se. The van der Waals surface area contributed by atoms with Crippen LogP contribution in [0.15, 0.2) is 41.1 Å². The van der Waals surface area contributed by atoms with Gasteiger partial charge in [-0.25, -0.2) is 0 Å². The van der Waals surface area contributed by atoms with Crippen molar-refractivity contribution in [3.8, 4) is 0 Å².